The molecular formula is C10H14N4OS. The quantitative estimate of drug-likeness (QED) is 0.817. The zero-order valence-corrected chi connectivity index (χ0v) is 10.1. The van der Waals surface area contributed by atoms with E-state index in [1.165, 1.54) is 0 Å². The molecule has 86 valence electrons. The first-order chi connectivity index (χ1) is 7.72. The molecule has 0 aliphatic carbocycles. The van der Waals surface area contributed by atoms with E-state index in [0.29, 0.717) is 6.54 Å². The van der Waals surface area contributed by atoms with Crippen molar-refractivity contribution in [1.82, 2.24) is 14.8 Å². The standard InChI is InChI=1S/C10H14N4OS/c1-7-12-13-10(14(7)2)16-9(6-11)8-4-3-5-15-8/h3-5,9H,6,11H2,1-2H3. The molecule has 16 heavy (non-hydrogen) atoms. The number of aromatic nitrogens is 3. The maximum atomic E-state index is 5.73. The molecule has 6 heteroatoms. The van der Waals surface area contributed by atoms with E-state index in [0.717, 1.165) is 16.7 Å². The maximum absolute atomic E-state index is 5.73. The van der Waals surface area contributed by atoms with E-state index in [-0.39, 0.29) is 5.25 Å². The van der Waals surface area contributed by atoms with Crippen molar-refractivity contribution in [3.05, 3.63) is 30.0 Å². The number of furan rings is 1. The minimum atomic E-state index is 0.0808. The summed E-state index contributed by atoms with van der Waals surface area (Å²) in [6.45, 7) is 2.42. The zero-order valence-electron chi connectivity index (χ0n) is 9.25. The third kappa shape index (κ3) is 2.12. The molecule has 1 unspecified atom stereocenters. The van der Waals surface area contributed by atoms with Crippen LogP contribution in [0.3, 0.4) is 0 Å². The van der Waals surface area contributed by atoms with Crippen LogP contribution >= 0.6 is 11.8 Å². The van der Waals surface area contributed by atoms with E-state index in [2.05, 4.69) is 10.2 Å². The lowest BCUT2D eigenvalue weighted by Gasteiger charge is -2.10. The molecule has 0 spiro atoms. The van der Waals surface area contributed by atoms with Crippen LogP contribution in [0.15, 0.2) is 28.0 Å². The van der Waals surface area contributed by atoms with Gasteiger partial charge < -0.3 is 14.7 Å². The normalized spacial score (nSPS) is 12.9. The highest BCUT2D eigenvalue weighted by Crippen LogP contribution is 2.33. The number of nitrogens with zero attached hydrogens (tertiary/aromatic N) is 3. The van der Waals surface area contributed by atoms with E-state index in [1.807, 2.05) is 30.7 Å². The first-order valence-electron chi connectivity index (χ1n) is 4.98. The second-order valence-electron chi connectivity index (χ2n) is 3.45. The van der Waals surface area contributed by atoms with Gasteiger partial charge in [0.2, 0.25) is 0 Å². The smallest absolute Gasteiger partial charge is 0.191 e. The number of thioether (sulfide) groups is 1. The lowest BCUT2D eigenvalue weighted by Crippen LogP contribution is -2.09. The number of rotatable bonds is 4. The summed E-state index contributed by atoms with van der Waals surface area (Å²) in [6, 6.07) is 3.79. The molecule has 0 fully saturated rings. The van der Waals surface area contributed by atoms with Gasteiger partial charge in [-0.25, -0.2) is 0 Å². The molecule has 0 amide bonds. The summed E-state index contributed by atoms with van der Waals surface area (Å²) in [5.41, 5.74) is 5.73. The minimum Gasteiger partial charge on any atom is -0.468 e. The van der Waals surface area contributed by atoms with Crippen LogP contribution in [0.2, 0.25) is 0 Å². The fourth-order valence-corrected chi connectivity index (χ4v) is 2.29. The highest BCUT2D eigenvalue weighted by molar-refractivity contribution is 7.99. The fourth-order valence-electron chi connectivity index (χ4n) is 1.31. The molecule has 1 atom stereocenters. The maximum Gasteiger partial charge on any atom is 0.191 e. The molecule has 0 radical (unpaired) electrons. The van der Waals surface area contributed by atoms with Crippen molar-refractivity contribution in [2.24, 2.45) is 12.8 Å². The Bertz CT molecular complexity index is 451. The molecule has 0 saturated carbocycles. The van der Waals surface area contributed by atoms with Crippen LogP contribution in [0.25, 0.3) is 0 Å². The molecule has 0 saturated heterocycles. The van der Waals surface area contributed by atoms with Crippen molar-refractivity contribution in [3.63, 3.8) is 0 Å². The summed E-state index contributed by atoms with van der Waals surface area (Å²) in [5.74, 6) is 1.76. The second kappa shape index (κ2) is 4.71. The topological polar surface area (TPSA) is 69.9 Å². The van der Waals surface area contributed by atoms with Gasteiger partial charge in [0.1, 0.15) is 11.6 Å². The number of nitrogens with two attached hydrogens (primary N) is 1. The Balaban J connectivity index is 2.16. The lowest BCUT2D eigenvalue weighted by molar-refractivity contribution is 0.506. The van der Waals surface area contributed by atoms with Gasteiger partial charge in [-0.15, -0.1) is 10.2 Å². The van der Waals surface area contributed by atoms with E-state index in [4.69, 9.17) is 10.2 Å². The highest BCUT2D eigenvalue weighted by atomic mass is 32.2. The summed E-state index contributed by atoms with van der Waals surface area (Å²) < 4.78 is 7.29. The average Bonchev–Trinajstić information content (AvgIpc) is 2.90. The van der Waals surface area contributed by atoms with Crippen molar-refractivity contribution >= 4 is 11.8 Å². The van der Waals surface area contributed by atoms with E-state index in [1.54, 1.807) is 18.0 Å². The van der Waals surface area contributed by atoms with Crippen LogP contribution in [0.4, 0.5) is 0 Å². The van der Waals surface area contributed by atoms with Crippen molar-refractivity contribution in [3.8, 4) is 0 Å². The fraction of sp³-hybridized carbons (Fsp3) is 0.400. The first-order valence-corrected chi connectivity index (χ1v) is 5.86. The minimum absolute atomic E-state index is 0.0808. The molecule has 5 nitrogen and oxygen atoms in total. The Kier molecular flexibility index (Phi) is 3.31. The third-order valence-corrected chi connectivity index (χ3v) is 3.65. The Hall–Kier alpha value is -1.27. The predicted octanol–water partition coefficient (Wildman–Crippen LogP) is 1.51. The van der Waals surface area contributed by atoms with Gasteiger partial charge in [0.15, 0.2) is 5.16 Å². The Morgan fingerprint density at radius 1 is 1.56 bits per heavy atom. The van der Waals surface area contributed by atoms with E-state index < -0.39 is 0 Å². The van der Waals surface area contributed by atoms with Gasteiger partial charge in [0.25, 0.3) is 0 Å². The summed E-state index contributed by atoms with van der Waals surface area (Å²) in [5, 5.41) is 9.03. The Morgan fingerprint density at radius 2 is 2.38 bits per heavy atom. The predicted molar refractivity (Wildman–Crippen MR) is 62.1 cm³/mol. The molecule has 2 aromatic heterocycles. The summed E-state index contributed by atoms with van der Waals surface area (Å²) >= 11 is 1.56. The molecule has 2 rings (SSSR count). The van der Waals surface area contributed by atoms with Gasteiger partial charge in [-0.3, -0.25) is 0 Å². The zero-order chi connectivity index (χ0) is 11.5. The summed E-state index contributed by atoms with van der Waals surface area (Å²) in [7, 11) is 1.94. The van der Waals surface area contributed by atoms with Gasteiger partial charge in [0.05, 0.1) is 11.5 Å². The molecule has 0 aromatic carbocycles. The Labute approximate surface area is 98.0 Å². The number of hydrogen-bond acceptors (Lipinski definition) is 5. The lowest BCUT2D eigenvalue weighted by atomic mass is 10.3. The van der Waals surface area contributed by atoms with Crippen LogP contribution in [0.5, 0.6) is 0 Å². The summed E-state index contributed by atoms with van der Waals surface area (Å²) in [4.78, 5) is 0. The third-order valence-electron chi connectivity index (χ3n) is 2.37. The van der Waals surface area contributed by atoms with Gasteiger partial charge in [0, 0.05) is 13.6 Å². The van der Waals surface area contributed by atoms with Crippen LogP contribution in [0, 0.1) is 6.92 Å². The summed E-state index contributed by atoms with van der Waals surface area (Å²) in [6.07, 6.45) is 1.65. The number of hydrogen-bond donors (Lipinski definition) is 1. The van der Waals surface area contributed by atoms with Crippen LogP contribution in [-0.4, -0.2) is 21.3 Å². The van der Waals surface area contributed by atoms with Crippen molar-refractivity contribution < 1.29 is 4.42 Å². The van der Waals surface area contributed by atoms with Crippen molar-refractivity contribution in [1.29, 1.82) is 0 Å². The SMILES string of the molecule is Cc1nnc(SC(CN)c2ccco2)n1C. The number of aryl methyl sites for hydroxylation is 1. The molecular weight excluding hydrogens is 224 g/mol. The molecule has 2 heterocycles. The average molecular weight is 238 g/mol. The monoisotopic (exact) mass is 238 g/mol. The largest absolute Gasteiger partial charge is 0.468 e. The van der Waals surface area contributed by atoms with Gasteiger partial charge >= 0.3 is 0 Å². The van der Waals surface area contributed by atoms with Crippen molar-refractivity contribution in [2.45, 2.75) is 17.3 Å². The highest BCUT2D eigenvalue weighted by Gasteiger charge is 2.17. The van der Waals surface area contributed by atoms with Crippen molar-refractivity contribution in [2.75, 3.05) is 6.54 Å². The van der Waals surface area contributed by atoms with Crippen LogP contribution in [-0.2, 0) is 7.05 Å². The van der Waals surface area contributed by atoms with E-state index >= 15 is 0 Å². The molecule has 0 bridgehead atoms. The Morgan fingerprint density at radius 3 is 2.88 bits per heavy atom. The molecule has 0 aliphatic heterocycles. The van der Waals surface area contributed by atoms with Crippen LogP contribution in [0.1, 0.15) is 16.8 Å². The second-order valence-corrected chi connectivity index (χ2v) is 4.62. The molecule has 2 N–H and O–H groups in total. The van der Waals surface area contributed by atoms with E-state index in [9.17, 15) is 0 Å². The van der Waals surface area contributed by atoms with Gasteiger partial charge in [-0.05, 0) is 19.1 Å². The van der Waals surface area contributed by atoms with Crippen LogP contribution < -0.4 is 5.73 Å². The first kappa shape index (κ1) is 11.2. The molecule has 2 aromatic rings. The van der Waals surface area contributed by atoms with Gasteiger partial charge in [-0.2, -0.15) is 0 Å². The van der Waals surface area contributed by atoms with Gasteiger partial charge in [-0.1, -0.05) is 11.8 Å². The molecule has 0 aliphatic rings.